The third kappa shape index (κ3) is 4.26. The molecule has 0 spiro atoms. The fraction of sp³-hybridized carbons (Fsp3) is 0.462. The molecule has 0 amide bonds. The predicted molar refractivity (Wildman–Crippen MR) is 62.8 cm³/mol. The zero-order chi connectivity index (χ0) is 11.1. The Kier molecular flexibility index (Phi) is 5.05. The minimum absolute atomic E-state index is 0.665. The lowest BCUT2D eigenvalue weighted by atomic mass is 10.1. The largest absolute Gasteiger partial charge is 0.303 e. The van der Waals surface area contributed by atoms with Gasteiger partial charge in [0.1, 0.15) is 6.29 Å². The van der Waals surface area contributed by atoms with Crippen LogP contribution in [0.1, 0.15) is 24.0 Å². The van der Waals surface area contributed by atoms with Gasteiger partial charge in [0.25, 0.3) is 0 Å². The summed E-state index contributed by atoms with van der Waals surface area (Å²) in [6.45, 7) is 4.08. The van der Waals surface area contributed by atoms with Gasteiger partial charge in [0.2, 0.25) is 0 Å². The van der Waals surface area contributed by atoms with Gasteiger partial charge < -0.3 is 9.69 Å². The van der Waals surface area contributed by atoms with Crippen LogP contribution >= 0.6 is 0 Å². The number of benzene rings is 1. The second-order valence-electron chi connectivity index (χ2n) is 3.97. The molecular formula is C13H19NO. The summed E-state index contributed by atoms with van der Waals surface area (Å²) in [5.41, 5.74) is 2.70. The molecule has 0 aliphatic carbocycles. The summed E-state index contributed by atoms with van der Waals surface area (Å²) in [6, 6.07) is 8.42. The highest BCUT2D eigenvalue weighted by Gasteiger charge is 2.01. The van der Waals surface area contributed by atoms with E-state index in [0.29, 0.717) is 6.42 Å². The van der Waals surface area contributed by atoms with Crippen LogP contribution in [-0.2, 0) is 11.3 Å². The van der Waals surface area contributed by atoms with Gasteiger partial charge in [-0.2, -0.15) is 0 Å². The number of nitrogens with zero attached hydrogens (tertiary/aromatic N) is 1. The smallest absolute Gasteiger partial charge is 0.120 e. The van der Waals surface area contributed by atoms with Crippen LogP contribution in [0.15, 0.2) is 24.3 Å². The molecule has 82 valence electrons. The van der Waals surface area contributed by atoms with Crippen molar-refractivity contribution in [2.45, 2.75) is 26.3 Å². The molecule has 0 radical (unpaired) electrons. The standard InChI is InChI=1S/C13H19NO/c1-12-7-3-4-8-13(12)11-14(2)9-5-6-10-15/h3-4,7-8,10H,5-6,9,11H2,1-2H3. The number of hydrogen-bond donors (Lipinski definition) is 0. The van der Waals surface area contributed by atoms with Crippen molar-refractivity contribution in [1.82, 2.24) is 4.90 Å². The Labute approximate surface area is 91.9 Å². The summed E-state index contributed by atoms with van der Waals surface area (Å²) in [5, 5.41) is 0. The summed E-state index contributed by atoms with van der Waals surface area (Å²) in [5.74, 6) is 0. The first kappa shape index (κ1) is 11.9. The molecule has 0 aliphatic heterocycles. The second kappa shape index (κ2) is 6.36. The normalized spacial score (nSPS) is 10.6. The highest BCUT2D eigenvalue weighted by atomic mass is 16.1. The van der Waals surface area contributed by atoms with Gasteiger partial charge in [-0.3, -0.25) is 0 Å². The summed E-state index contributed by atoms with van der Waals surface area (Å²) < 4.78 is 0. The molecule has 0 fully saturated rings. The molecule has 0 bridgehead atoms. The number of carbonyl (C=O) groups is 1. The van der Waals surface area contributed by atoms with Crippen LogP contribution in [0.4, 0.5) is 0 Å². The highest BCUT2D eigenvalue weighted by Crippen LogP contribution is 2.09. The lowest BCUT2D eigenvalue weighted by molar-refractivity contribution is -0.108. The third-order valence-electron chi connectivity index (χ3n) is 2.56. The maximum Gasteiger partial charge on any atom is 0.120 e. The SMILES string of the molecule is Cc1ccccc1CN(C)CCCC=O. The average molecular weight is 205 g/mol. The molecule has 0 aliphatic rings. The molecule has 2 nitrogen and oxygen atoms in total. The van der Waals surface area contributed by atoms with E-state index in [9.17, 15) is 4.79 Å². The molecule has 1 aromatic carbocycles. The van der Waals surface area contributed by atoms with E-state index < -0.39 is 0 Å². The molecule has 15 heavy (non-hydrogen) atoms. The van der Waals surface area contributed by atoms with E-state index in [1.165, 1.54) is 11.1 Å². The van der Waals surface area contributed by atoms with E-state index in [2.05, 4.69) is 43.1 Å². The highest BCUT2D eigenvalue weighted by molar-refractivity contribution is 5.49. The maximum atomic E-state index is 10.2. The first-order valence-electron chi connectivity index (χ1n) is 5.40. The molecule has 0 unspecified atom stereocenters. The van der Waals surface area contributed by atoms with Gasteiger partial charge in [0.15, 0.2) is 0 Å². The minimum atomic E-state index is 0.665. The van der Waals surface area contributed by atoms with Crippen molar-refractivity contribution in [3.8, 4) is 0 Å². The van der Waals surface area contributed by atoms with E-state index in [1.807, 2.05) is 0 Å². The first-order valence-corrected chi connectivity index (χ1v) is 5.40. The van der Waals surface area contributed by atoms with E-state index >= 15 is 0 Å². The minimum Gasteiger partial charge on any atom is -0.303 e. The van der Waals surface area contributed by atoms with Gasteiger partial charge >= 0.3 is 0 Å². The monoisotopic (exact) mass is 205 g/mol. The van der Waals surface area contributed by atoms with Gasteiger partial charge in [-0.05, 0) is 38.1 Å². The molecular weight excluding hydrogens is 186 g/mol. The van der Waals surface area contributed by atoms with Crippen molar-refractivity contribution < 1.29 is 4.79 Å². The first-order chi connectivity index (χ1) is 7.24. The summed E-state index contributed by atoms with van der Waals surface area (Å²) in [6.07, 6.45) is 2.60. The summed E-state index contributed by atoms with van der Waals surface area (Å²) in [4.78, 5) is 12.4. The van der Waals surface area contributed by atoms with Crippen molar-refractivity contribution in [2.75, 3.05) is 13.6 Å². The molecule has 0 aromatic heterocycles. The van der Waals surface area contributed by atoms with Crippen LogP contribution in [0.3, 0.4) is 0 Å². The fourth-order valence-corrected chi connectivity index (χ4v) is 1.60. The number of rotatable bonds is 6. The van der Waals surface area contributed by atoms with Crippen LogP contribution in [0.5, 0.6) is 0 Å². The number of aryl methyl sites for hydroxylation is 1. The second-order valence-corrected chi connectivity index (χ2v) is 3.97. The maximum absolute atomic E-state index is 10.2. The zero-order valence-electron chi connectivity index (χ0n) is 9.57. The van der Waals surface area contributed by atoms with Gasteiger partial charge in [-0.15, -0.1) is 0 Å². The molecule has 0 heterocycles. The number of unbranched alkanes of at least 4 members (excludes halogenated alkanes) is 1. The molecule has 0 N–H and O–H groups in total. The molecule has 0 saturated carbocycles. The van der Waals surface area contributed by atoms with Crippen molar-refractivity contribution in [3.05, 3.63) is 35.4 Å². The topological polar surface area (TPSA) is 20.3 Å². The fourth-order valence-electron chi connectivity index (χ4n) is 1.60. The quantitative estimate of drug-likeness (QED) is 0.525. The number of carbonyl (C=O) groups excluding carboxylic acids is 1. The summed E-state index contributed by atoms with van der Waals surface area (Å²) in [7, 11) is 2.09. The number of aldehydes is 1. The van der Waals surface area contributed by atoms with Gasteiger partial charge in [0, 0.05) is 13.0 Å². The van der Waals surface area contributed by atoms with Crippen LogP contribution in [-0.4, -0.2) is 24.8 Å². The van der Waals surface area contributed by atoms with Crippen molar-refractivity contribution in [3.63, 3.8) is 0 Å². The van der Waals surface area contributed by atoms with Crippen molar-refractivity contribution in [2.24, 2.45) is 0 Å². The van der Waals surface area contributed by atoms with Crippen LogP contribution in [0, 0.1) is 6.92 Å². The van der Waals surface area contributed by atoms with Crippen LogP contribution in [0.2, 0.25) is 0 Å². The Morgan fingerprint density at radius 2 is 2.07 bits per heavy atom. The Morgan fingerprint density at radius 3 is 2.73 bits per heavy atom. The lowest BCUT2D eigenvalue weighted by Crippen LogP contribution is -2.19. The predicted octanol–water partition coefficient (Wildman–Crippen LogP) is 2.41. The Hall–Kier alpha value is -1.15. The molecule has 1 rings (SSSR count). The average Bonchev–Trinajstić information content (AvgIpc) is 2.22. The number of hydrogen-bond acceptors (Lipinski definition) is 2. The van der Waals surface area contributed by atoms with Crippen LogP contribution < -0.4 is 0 Å². The molecule has 0 atom stereocenters. The molecule has 2 heteroatoms. The lowest BCUT2D eigenvalue weighted by Gasteiger charge is -2.17. The van der Waals surface area contributed by atoms with Crippen molar-refractivity contribution >= 4 is 6.29 Å². The van der Waals surface area contributed by atoms with Gasteiger partial charge in [-0.25, -0.2) is 0 Å². The zero-order valence-corrected chi connectivity index (χ0v) is 9.57. The Morgan fingerprint density at radius 1 is 1.33 bits per heavy atom. The Bertz CT molecular complexity index is 309. The van der Waals surface area contributed by atoms with Crippen molar-refractivity contribution in [1.29, 1.82) is 0 Å². The third-order valence-corrected chi connectivity index (χ3v) is 2.56. The summed E-state index contributed by atoms with van der Waals surface area (Å²) >= 11 is 0. The van der Waals surface area contributed by atoms with E-state index in [1.54, 1.807) is 0 Å². The van der Waals surface area contributed by atoms with Crippen LogP contribution in [0.25, 0.3) is 0 Å². The van der Waals surface area contributed by atoms with E-state index in [0.717, 1.165) is 25.8 Å². The van der Waals surface area contributed by atoms with E-state index in [-0.39, 0.29) is 0 Å². The van der Waals surface area contributed by atoms with Gasteiger partial charge in [-0.1, -0.05) is 24.3 Å². The Balaban J connectivity index is 2.40. The van der Waals surface area contributed by atoms with E-state index in [4.69, 9.17) is 0 Å². The van der Waals surface area contributed by atoms with Gasteiger partial charge in [0.05, 0.1) is 0 Å². The molecule has 1 aromatic rings. The molecule has 0 saturated heterocycles.